The molecule has 0 saturated carbocycles. The number of halogens is 1. The molecule has 0 aliphatic carbocycles. The zero-order valence-corrected chi connectivity index (χ0v) is 12.0. The summed E-state index contributed by atoms with van der Waals surface area (Å²) in [5.41, 5.74) is 0.382. The van der Waals surface area contributed by atoms with Gasteiger partial charge in [0, 0.05) is 16.5 Å². The number of hydrogen-bond acceptors (Lipinski definition) is 4. The van der Waals surface area contributed by atoms with E-state index in [-0.39, 0.29) is 12.3 Å². The molecule has 0 spiro atoms. The van der Waals surface area contributed by atoms with Gasteiger partial charge in [-0.05, 0) is 37.6 Å². The van der Waals surface area contributed by atoms with Crippen LogP contribution in [0.3, 0.4) is 0 Å². The summed E-state index contributed by atoms with van der Waals surface area (Å²) in [5, 5.41) is 11.9. The Hall–Kier alpha value is -2.06. The number of ether oxygens (including phenoxy) is 1. The highest BCUT2D eigenvalue weighted by Crippen LogP contribution is 2.11. The smallest absolute Gasteiger partial charge is 0.328 e. The third-order valence-corrected chi connectivity index (χ3v) is 2.96. The molecule has 5 nitrogen and oxygen atoms in total. The van der Waals surface area contributed by atoms with Crippen molar-refractivity contribution in [1.82, 2.24) is 5.32 Å². The molecule has 1 aromatic rings. The SMILES string of the molecule is COC(=O)[C@H](C[C@H](C)C#N)NC(=O)c1ccc(Cl)cc1. The molecule has 20 heavy (non-hydrogen) atoms. The van der Waals surface area contributed by atoms with Crippen LogP contribution in [0.5, 0.6) is 0 Å². The van der Waals surface area contributed by atoms with Gasteiger partial charge in [-0.1, -0.05) is 11.6 Å². The fourth-order valence-electron chi connectivity index (χ4n) is 1.61. The number of nitriles is 1. The molecule has 1 rings (SSSR count). The van der Waals surface area contributed by atoms with E-state index in [1.165, 1.54) is 7.11 Å². The van der Waals surface area contributed by atoms with Crippen LogP contribution in [0, 0.1) is 17.2 Å². The second-order valence-electron chi connectivity index (χ2n) is 4.32. The van der Waals surface area contributed by atoms with Crippen molar-refractivity contribution in [2.24, 2.45) is 5.92 Å². The molecule has 0 saturated heterocycles. The molecule has 1 amide bonds. The topological polar surface area (TPSA) is 79.2 Å². The molecule has 2 atom stereocenters. The quantitative estimate of drug-likeness (QED) is 0.844. The van der Waals surface area contributed by atoms with Gasteiger partial charge in [-0.25, -0.2) is 4.79 Å². The van der Waals surface area contributed by atoms with E-state index in [4.69, 9.17) is 16.9 Å². The number of nitrogens with zero attached hydrogens (tertiary/aromatic N) is 1. The van der Waals surface area contributed by atoms with Gasteiger partial charge in [-0.2, -0.15) is 5.26 Å². The highest BCUT2D eigenvalue weighted by molar-refractivity contribution is 6.30. The normalized spacial score (nSPS) is 12.9. The van der Waals surface area contributed by atoms with Crippen LogP contribution in [-0.2, 0) is 9.53 Å². The molecule has 0 aliphatic heterocycles. The zero-order chi connectivity index (χ0) is 15.1. The first kappa shape index (κ1) is 16.0. The van der Waals surface area contributed by atoms with Crippen LogP contribution in [0.4, 0.5) is 0 Å². The van der Waals surface area contributed by atoms with Crippen molar-refractivity contribution in [2.45, 2.75) is 19.4 Å². The summed E-state index contributed by atoms with van der Waals surface area (Å²) in [5.74, 6) is -1.36. The summed E-state index contributed by atoms with van der Waals surface area (Å²) in [7, 11) is 1.24. The van der Waals surface area contributed by atoms with Crippen molar-refractivity contribution in [2.75, 3.05) is 7.11 Å². The van der Waals surface area contributed by atoms with Crippen LogP contribution in [0.15, 0.2) is 24.3 Å². The number of hydrogen-bond donors (Lipinski definition) is 1. The van der Waals surface area contributed by atoms with Crippen molar-refractivity contribution in [3.63, 3.8) is 0 Å². The lowest BCUT2D eigenvalue weighted by Crippen LogP contribution is -2.42. The van der Waals surface area contributed by atoms with Crippen LogP contribution in [0.2, 0.25) is 5.02 Å². The lowest BCUT2D eigenvalue weighted by molar-refractivity contribution is -0.143. The van der Waals surface area contributed by atoms with Gasteiger partial charge in [0.1, 0.15) is 6.04 Å². The Morgan fingerprint density at radius 1 is 1.40 bits per heavy atom. The number of rotatable bonds is 5. The van der Waals surface area contributed by atoms with E-state index in [1.807, 2.05) is 6.07 Å². The van der Waals surface area contributed by atoms with Gasteiger partial charge in [-0.3, -0.25) is 4.79 Å². The number of carbonyl (C=O) groups excluding carboxylic acids is 2. The van der Waals surface area contributed by atoms with E-state index in [2.05, 4.69) is 10.1 Å². The Labute approximate surface area is 122 Å². The lowest BCUT2D eigenvalue weighted by atomic mass is 10.0. The van der Waals surface area contributed by atoms with E-state index in [9.17, 15) is 9.59 Å². The average Bonchev–Trinajstić information content (AvgIpc) is 2.46. The standard InChI is InChI=1S/C14H15ClN2O3/c1-9(8-16)7-12(14(19)20-2)17-13(18)10-3-5-11(15)6-4-10/h3-6,9,12H,7H2,1-2H3,(H,17,18)/t9-,12-/m0/s1. The number of esters is 1. The monoisotopic (exact) mass is 294 g/mol. The molecule has 0 bridgehead atoms. The Morgan fingerprint density at radius 2 is 2.00 bits per heavy atom. The minimum atomic E-state index is -0.849. The van der Waals surface area contributed by atoms with Gasteiger partial charge in [-0.15, -0.1) is 0 Å². The Bertz CT molecular complexity index is 522. The molecular formula is C14H15ClN2O3. The van der Waals surface area contributed by atoms with Gasteiger partial charge in [0.05, 0.1) is 13.2 Å². The molecule has 0 aliphatic rings. The Kier molecular flexibility index (Phi) is 6.01. The number of carbonyl (C=O) groups is 2. The van der Waals surface area contributed by atoms with Gasteiger partial charge in [0.25, 0.3) is 5.91 Å². The van der Waals surface area contributed by atoms with Gasteiger partial charge in [0.2, 0.25) is 0 Å². The fraction of sp³-hybridized carbons (Fsp3) is 0.357. The molecule has 1 aromatic carbocycles. The molecule has 106 valence electrons. The minimum Gasteiger partial charge on any atom is -0.467 e. The number of nitrogens with one attached hydrogen (secondary N) is 1. The molecule has 0 aromatic heterocycles. The highest BCUT2D eigenvalue weighted by Gasteiger charge is 2.24. The summed E-state index contributed by atoms with van der Waals surface area (Å²) in [6, 6.07) is 7.45. The van der Waals surface area contributed by atoms with E-state index < -0.39 is 17.9 Å². The molecule has 6 heteroatoms. The molecule has 1 N–H and O–H groups in total. The average molecular weight is 295 g/mol. The number of benzene rings is 1. The van der Waals surface area contributed by atoms with Crippen molar-refractivity contribution >= 4 is 23.5 Å². The van der Waals surface area contributed by atoms with Crippen LogP contribution in [0.1, 0.15) is 23.7 Å². The first-order valence-corrected chi connectivity index (χ1v) is 6.39. The van der Waals surface area contributed by atoms with Crippen LogP contribution < -0.4 is 5.32 Å². The predicted octanol–water partition coefficient (Wildman–Crippen LogP) is 2.16. The van der Waals surface area contributed by atoms with Crippen molar-refractivity contribution in [1.29, 1.82) is 5.26 Å². The third kappa shape index (κ3) is 4.56. The maximum atomic E-state index is 12.0. The summed E-state index contributed by atoms with van der Waals surface area (Å²) in [6.07, 6.45) is 0.197. The molecule has 0 heterocycles. The zero-order valence-electron chi connectivity index (χ0n) is 11.2. The van der Waals surface area contributed by atoms with Crippen molar-refractivity contribution < 1.29 is 14.3 Å². The first-order chi connectivity index (χ1) is 9.47. The maximum absolute atomic E-state index is 12.0. The number of methoxy groups -OCH3 is 1. The van der Waals surface area contributed by atoms with Gasteiger partial charge in [0.15, 0.2) is 0 Å². The van der Waals surface area contributed by atoms with Crippen molar-refractivity contribution in [3.05, 3.63) is 34.9 Å². The van der Waals surface area contributed by atoms with E-state index >= 15 is 0 Å². The fourth-order valence-corrected chi connectivity index (χ4v) is 1.73. The molecular weight excluding hydrogens is 280 g/mol. The molecule has 0 unspecified atom stereocenters. The largest absolute Gasteiger partial charge is 0.467 e. The Balaban J connectivity index is 2.78. The van der Waals surface area contributed by atoms with Crippen molar-refractivity contribution in [3.8, 4) is 6.07 Å². The predicted molar refractivity (Wildman–Crippen MR) is 74.1 cm³/mol. The van der Waals surface area contributed by atoms with Gasteiger partial charge < -0.3 is 10.1 Å². The molecule has 0 fully saturated rings. The number of amides is 1. The lowest BCUT2D eigenvalue weighted by Gasteiger charge is -2.17. The van der Waals surface area contributed by atoms with Crippen LogP contribution in [-0.4, -0.2) is 25.0 Å². The second-order valence-corrected chi connectivity index (χ2v) is 4.76. The minimum absolute atomic E-state index is 0.197. The van der Waals surface area contributed by atoms with Crippen LogP contribution in [0.25, 0.3) is 0 Å². The van der Waals surface area contributed by atoms with E-state index in [1.54, 1.807) is 31.2 Å². The third-order valence-electron chi connectivity index (χ3n) is 2.71. The van der Waals surface area contributed by atoms with E-state index in [0.717, 1.165) is 0 Å². The Morgan fingerprint density at radius 3 is 2.50 bits per heavy atom. The molecule has 0 radical (unpaired) electrons. The summed E-state index contributed by atoms with van der Waals surface area (Å²) < 4.78 is 4.63. The summed E-state index contributed by atoms with van der Waals surface area (Å²) in [4.78, 5) is 23.6. The van der Waals surface area contributed by atoms with E-state index in [0.29, 0.717) is 10.6 Å². The summed E-state index contributed by atoms with van der Waals surface area (Å²) >= 11 is 5.74. The first-order valence-electron chi connectivity index (χ1n) is 6.01. The second kappa shape index (κ2) is 7.51. The van der Waals surface area contributed by atoms with Crippen LogP contribution >= 0.6 is 11.6 Å². The van der Waals surface area contributed by atoms with Gasteiger partial charge >= 0.3 is 5.97 Å². The summed E-state index contributed by atoms with van der Waals surface area (Å²) in [6.45, 7) is 1.67. The maximum Gasteiger partial charge on any atom is 0.328 e. The highest BCUT2D eigenvalue weighted by atomic mass is 35.5.